The van der Waals surface area contributed by atoms with Crippen LogP contribution in [0.1, 0.15) is 66.1 Å². The van der Waals surface area contributed by atoms with Crippen LogP contribution in [-0.4, -0.2) is 28.9 Å². The average molecular weight is 374 g/mol. The Morgan fingerprint density at radius 2 is 1.85 bits per heavy atom. The second-order valence-corrected chi connectivity index (χ2v) is 8.65. The first-order valence-corrected chi connectivity index (χ1v) is 10.1. The number of carbonyl (C=O) groups excluding carboxylic acids is 1. The molecule has 0 spiro atoms. The van der Waals surface area contributed by atoms with Crippen molar-refractivity contribution in [3.8, 4) is 0 Å². The minimum atomic E-state index is -0.0374. The fraction of sp³-hybridized carbons (Fsp3) is 0.524. The Balaban J connectivity index is 2.03. The lowest BCUT2D eigenvalue weighted by molar-refractivity contribution is 0.0954. The van der Waals surface area contributed by atoms with E-state index in [4.69, 9.17) is 0 Å². The third kappa shape index (κ3) is 5.39. The predicted octanol–water partition coefficient (Wildman–Crippen LogP) is 4.52. The van der Waals surface area contributed by atoms with E-state index in [1.807, 2.05) is 6.92 Å². The number of hydrogen-bond donors (Lipinski definition) is 1. The Kier molecular flexibility index (Phi) is 6.95. The van der Waals surface area contributed by atoms with Gasteiger partial charge in [0.2, 0.25) is 0 Å². The van der Waals surface area contributed by atoms with Gasteiger partial charge < -0.3 is 5.32 Å². The van der Waals surface area contributed by atoms with E-state index in [2.05, 4.69) is 74.1 Å². The molecule has 2 aromatic rings. The van der Waals surface area contributed by atoms with E-state index >= 15 is 0 Å². The zero-order valence-electron chi connectivity index (χ0n) is 16.8. The fourth-order valence-electron chi connectivity index (χ4n) is 2.73. The van der Waals surface area contributed by atoms with Gasteiger partial charge in [-0.05, 0) is 31.1 Å². The van der Waals surface area contributed by atoms with Crippen molar-refractivity contribution in [3.05, 3.63) is 51.0 Å². The highest BCUT2D eigenvalue weighted by atomic mass is 32.1. The number of thiazole rings is 1. The molecule has 26 heavy (non-hydrogen) atoms. The highest BCUT2D eigenvalue weighted by Crippen LogP contribution is 2.29. The minimum absolute atomic E-state index is 0.0350. The van der Waals surface area contributed by atoms with Crippen LogP contribution < -0.4 is 5.32 Å². The molecule has 0 saturated carbocycles. The number of nitrogens with one attached hydrogen (secondary N) is 1. The second kappa shape index (κ2) is 8.78. The summed E-state index contributed by atoms with van der Waals surface area (Å²) in [4.78, 5) is 20.3. The second-order valence-electron chi connectivity index (χ2n) is 7.65. The van der Waals surface area contributed by atoms with Gasteiger partial charge in [0.15, 0.2) is 0 Å². The van der Waals surface area contributed by atoms with Gasteiger partial charge in [-0.2, -0.15) is 0 Å². The molecule has 0 radical (unpaired) electrons. The van der Waals surface area contributed by atoms with Crippen LogP contribution in [0, 0.1) is 6.92 Å². The summed E-state index contributed by atoms with van der Waals surface area (Å²) < 4.78 is 0. The molecular formula is C21H31N3OS. The van der Waals surface area contributed by atoms with Crippen LogP contribution in [0.3, 0.4) is 0 Å². The first-order chi connectivity index (χ1) is 12.2. The lowest BCUT2D eigenvalue weighted by atomic mass is 9.98. The Morgan fingerprint density at radius 3 is 2.42 bits per heavy atom. The average Bonchev–Trinajstić information content (AvgIpc) is 3.00. The van der Waals surface area contributed by atoms with E-state index in [9.17, 15) is 4.79 Å². The molecule has 5 heteroatoms. The van der Waals surface area contributed by atoms with E-state index in [0.717, 1.165) is 35.9 Å². The van der Waals surface area contributed by atoms with E-state index in [1.54, 1.807) is 0 Å². The molecule has 0 bridgehead atoms. The van der Waals surface area contributed by atoms with Gasteiger partial charge in [-0.3, -0.25) is 9.69 Å². The smallest absolute Gasteiger partial charge is 0.263 e. The third-order valence-electron chi connectivity index (χ3n) is 4.39. The number of amides is 1. The fourth-order valence-corrected chi connectivity index (χ4v) is 3.77. The lowest BCUT2D eigenvalue weighted by Crippen LogP contribution is -2.23. The third-order valence-corrected chi connectivity index (χ3v) is 5.97. The molecule has 1 heterocycles. The zero-order valence-corrected chi connectivity index (χ0v) is 17.7. The van der Waals surface area contributed by atoms with Crippen LogP contribution in [0.4, 0.5) is 0 Å². The Hall–Kier alpha value is -1.72. The van der Waals surface area contributed by atoms with E-state index in [1.165, 1.54) is 16.9 Å². The summed E-state index contributed by atoms with van der Waals surface area (Å²) in [6.07, 6.45) is 0. The van der Waals surface area contributed by atoms with E-state index < -0.39 is 0 Å². The normalized spacial score (nSPS) is 11.8. The number of carbonyl (C=O) groups is 1. The molecule has 4 nitrogen and oxygen atoms in total. The maximum absolute atomic E-state index is 12.6. The maximum Gasteiger partial charge on any atom is 0.263 e. The predicted molar refractivity (Wildman–Crippen MR) is 110 cm³/mol. The van der Waals surface area contributed by atoms with Crippen molar-refractivity contribution in [2.75, 3.05) is 13.1 Å². The molecule has 0 saturated heterocycles. The van der Waals surface area contributed by atoms with Gasteiger partial charge in [-0.15, -0.1) is 11.3 Å². The summed E-state index contributed by atoms with van der Waals surface area (Å²) in [5, 5.41) is 4.05. The molecule has 0 fully saturated rings. The van der Waals surface area contributed by atoms with Crippen LogP contribution in [0.5, 0.6) is 0 Å². The van der Waals surface area contributed by atoms with Crippen molar-refractivity contribution in [1.82, 2.24) is 15.2 Å². The van der Waals surface area contributed by atoms with Gasteiger partial charge in [0.05, 0.1) is 10.7 Å². The zero-order chi connectivity index (χ0) is 19.3. The minimum Gasteiger partial charge on any atom is -0.347 e. The first-order valence-electron chi connectivity index (χ1n) is 9.30. The van der Waals surface area contributed by atoms with Gasteiger partial charge in [0.25, 0.3) is 5.91 Å². The number of rotatable bonds is 7. The standard InChI is InChI=1S/C21H31N3OS/c1-7-24(8-2)14-17-11-9-10-16(12-17)13-22-19(25)18-15(3)23-20(26-18)21(4,5)6/h9-12H,7-8,13-14H2,1-6H3,(H,22,25). The van der Waals surface area contributed by atoms with Crippen molar-refractivity contribution in [3.63, 3.8) is 0 Å². The van der Waals surface area contributed by atoms with Crippen LogP contribution in [0.2, 0.25) is 0 Å². The Labute approximate surface area is 161 Å². The largest absolute Gasteiger partial charge is 0.347 e. The maximum atomic E-state index is 12.6. The van der Waals surface area contributed by atoms with E-state index in [0.29, 0.717) is 11.4 Å². The first kappa shape index (κ1) is 20.6. The lowest BCUT2D eigenvalue weighted by Gasteiger charge is -2.18. The van der Waals surface area contributed by atoms with Gasteiger partial charge in [-0.25, -0.2) is 4.98 Å². The SMILES string of the molecule is CCN(CC)Cc1cccc(CNC(=O)c2sc(C(C)(C)C)nc2C)c1. The summed E-state index contributed by atoms with van der Waals surface area (Å²) in [5.41, 5.74) is 3.19. The van der Waals surface area contributed by atoms with Gasteiger partial charge in [0, 0.05) is 18.5 Å². The molecular weight excluding hydrogens is 342 g/mol. The van der Waals surface area contributed by atoms with Crippen LogP contribution in [0.15, 0.2) is 24.3 Å². The molecule has 0 aliphatic heterocycles. The molecule has 1 amide bonds. The van der Waals surface area contributed by atoms with Crippen molar-refractivity contribution in [2.45, 2.75) is 60.0 Å². The topological polar surface area (TPSA) is 45.2 Å². The monoisotopic (exact) mass is 373 g/mol. The quantitative estimate of drug-likeness (QED) is 0.776. The van der Waals surface area contributed by atoms with Crippen LogP contribution >= 0.6 is 11.3 Å². The molecule has 2 rings (SSSR count). The van der Waals surface area contributed by atoms with Crippen molar-refractivity contribution in [1.29, 1.82) is 0 Å². The number of aryl methyl sites for hydroxylation is 1. The van der Waals surface area contributed by atoms with Crippen molar-refractivity contribution < 1.29 is 4.79 Å². The van der Waals surface area contributed by atoms with Gasteiger partial charge in [-0.1, -0.05) is 58.9 Å². The number of benzene rings is 1. The molecule has 0 unspecified atom stereocenters. The molecule has 1 N–H and O–H groups in total. The Bertz CT molecular complexity index is 742. The number of aromatic nitrogens is 1. The van der Waals surface area contributed by atoms with Crippen LogP contribution in [-0.2, 0) is 18.5 Å². The summed E-state index contributed by atoms with van der Waals surface area (Å²) in [6, 6.07) is 8.45. The summed E-state index contributed by atoms with van der Waals surface area (Å²) in [6.45, 7) is 16.2. The van der Waals surface area contributed by atoms with Crippen LogP contribution in [0.25, 0.3) is 0 Å². The molecule has 142 valence electrons. The highest BCUT2D eigenvalue weighted by molar-refractivity contribution is 7.14. The summed E-state index contributed by atoms with van der Waals surface area (Å²) >= 11 is 1.50. The van der Waals surface area contributed by atoms with Crippen molar-refractivity contribution >= 4 is 17.2 Å². The molecule has 1 aromatic heterocycles. The number of nitrogens with zero attached hydrogens (tertiary/aromatic N) is 2. The summed E-state index contributed by atoms with van der Waals surface area (Å²) in [7, 11) is 0. The molecule has 0 atom stereocenters. The Morgan fingerprint density at radius 1 is 1.19 bits per heavy atom. The van der Waals surface area contributed by atoms with Gasteiger partial charge >= 0.3 is 0 Å². The van der Waals surface area contributed by atoms with E-state index in [-0.39, 0.29) is 11.3 Å². The molecule has 0 aliphatic carbocycles. The summed E-state index contributed by atoms with van der Waals surface area (Å²) in [5.74, 6) is -0.0374. The number of hydrogen-bond acceptors (Lipinski definition) is 4. The highest BCUT2D eigenvalue weighted by Gasteiger charge is 2.22. The van der Waals surface area contributed by atoms with Crippen molar-refractivity contribution in [2.24, 2.45) is 0 Å². The van der Waals surface area contributed by atoms with Gasteiger partial charge in [0.1, 0.15) is 4.88 Å². The molecule has 0 aliphatic rings. The molecule has 1 aromatic carbocycles.